The fraction of sp³-hybridized carbons (Fsp3) is 0.263. The first-order valence-electron chi connectivity index (χ1n) is 8.10. The molecule has 0 radical (unpaired) electrons. The molecule has 0 saturated heterocycles. The molecule has 0 unspecified atom stereocenters. The quantitative estimate of drug-likeness (QED) is 0.726. The molecule has 1 heterocycles. The Hall–Kier alpha value is -2.69. The monoisotopic (exact) mass is 324 g/mol. The van der Waals surface area contributed by atoms with Crippen molar-refractivity contribution in [1.82, 2.24) is 9.97 Å². The Morgan fingerprint density at radius 2 is 1.75 bits per heavy atom. The topological polar surface area (TPSA) is 63.8 Å². The maximum Gasteiger partial charge on any atom is 0.222 e. The van der Waals surface area contributed by atoms with E-state index in [0.717, 1.165) is 40.8 Å². The van der Waals surface area contributed by atoms with Gasteiger partial charge in [-0.1, -0.05) is 32.0 Å². The van der Waals surface area contributed by atoms with Crippen LogP contribution in [0.3, 0.4) is 0 Å². The summed E-state index contributed by atoms with van der Waals surface area (Å²) in [6.45, 7) is 5.19. The molecule has 0 aliphatic heterocycles. The van der Waals surface area contributed by atoms with E-state index in [-0.39, 0.29) is 11.8 Å². The molecule has 2 aromatic carbocycles. The van der Waals surface area contributed by atoms with E-state index >= 15 is 0 Å². The highest BCUT2D eigenvalue weighted by Gasteiger charge is 2.08. The fourth-order valence-electron chi connectivity index (χ4n) is 2.58. The third-order valence-corrected chi connectivity index (χ3v) is 3.90. The van der Waals surface area contributed by atoms with Crippen LogP contribution in [0, 0.1) is 11.7 Å². The highest BCUT2D eigenvalue weighted by Crippen LogP contribution is 2.28. The number of nitrogens with one attached hydrogen (secondary N) is 1. The third kappa shape index (κ3) is 3.62. The normalized spacial score (nSPS) is 11.2. The van der Waals surface area contributed by atoms with E-state index < -0.39 is 0 Å². The predicted molar refractivity (Wildman–Crippen MR) is 97.3 cm³/mol. The summed E-state index contributed by atoms with van der Waals surface area (Å²) in [5.74, 6) is 1.36. The molecule has 0 amide bonds. The molecule has 0 atom stereocenters. The van der Waals surface area contributed by atoms with E-state index in [4.69, 9.17) is 5.73 Å². The summed E-state index contributed by atoms with van der Waals surface area (Å²) in [5.41, 5.74) is 8.55. The van der Waals surface area contributed by atoms with E-state index in [1.54, 1.807) is 12.1 Å². The molecule has 24 heavy (non-hydrogen) atoms. The number of hydrogen-bond donors (Lipinski definition) is 2. The van der Waals surface area contributed by atoms with Gasteiger partial charge in [-0.05, 0) is 47.7 Å². The second kappa shape index (κ2) is 6.83. The minimum Gasteiger partial charge on any atom is -0.369 e. The van der Waals surface area contributed by atoms with Crippen LogP contribution in [0.4, 0.5) is 16.2 Å². The standard InChI is InChI=1S/C19H21FN4/c1-12(2)9-10-22-18-16-11-14(13-3-6-15(20)7-4-13)5-8-17(16)23-19(21)24-18/h3-8,11-12H,9-10H2,1-2H3,(H3,21,22,23,24). The zero-order valence-corrected chi connectivity index (χ0v) is 13.9. The molecule has 0 saturated carbocycles. The summed E-state index contributed by atoms with van der Waals surface area (Å²) in [6.07, 6.45) is 1.04. The Labute approximate surface area is 140 Å². The van der Waals surface area contributed by atoms with E-state index in [1.807, 2.05) is 18.2 Å². The van der Waals surface area contributed by atoms with Gasteiger partial charge < -0.3 is 11.1 Å². The van der Waals surface area contributed by atoms with Gasteiger partial charge >= 0.3 is 0 Å². The lowest BCUT2D eigenvalue weighted by molar-refractivity contribution is 0.607. The number of anilines is 2. The molecule has 0 fully saturated rings. The van der Waals surface area contributed by atoms with Crippen LogP contribution < -0.4 is 11.1 Å². The van der Waals surface area contributed by atoms with Crippen molar-refractivity contribution in [1.29, 1.82) is 0 Å². The Kier molecular flexibility index (Phi) is 4.60. The van der Waals surface area contributed by atoms with Crippen molar-refractivity contribution in [2.45, 2.75) is 20.3 Å². The number of benzene rings is 2. The molecule has 1 aromatic heterocycles. The average molecular weight is 324 g/mol. The minimum atomic E-state index is -0.244. The molecular formula is C19H21FN4. The van der Waals surface area contributed by atoms with Crippen molar-refractivity contribution in [3.63, 3.8) is 0 Å². The molecule has 3 aromatic rings. The van der Waals surface area contributed by atoms with E-state index in [1.165, 1.54) is 12.1 Å². The van der Waals surface area contributed by atoms with Crippen LogP contribution in [0.2, 0.25) is 0 Å². The average Bonchev–Trinajstić information content (AvgIpc) is 2.55. The maximum absolute atomic E-state index is 13.1. The maximum atomic E-state index is 13.1. The Bertz CT molecular complexity index is 844. The smallest absolute Gasteiger partial charge is 0.222 e. The number of hydrogen-bond acceptors (Lipinski definition) is 4. The van der Waals surface area contributed by atoms with Gasteiger partial charge in [0.1, 0.15) is 11.6 Å². The van der Waals surface area contributed by atoms with Gasteiger partial charge in [-0.3, -0.25) is 0 Å². The van der Waals surface area contributed by atoms with Gasteiger partial charge in [0.2, 0.25) is 5.95 Å². The number of rotatable bonds is 5. The third-order valence-electron chi connectivity index (χ3n) is 3.90. The van der Waals surface area contributed by atoms with Crippen LogP contribution in [0.1, 0.15) is 20.3 Å². The molecule has 0 bridgehead atoms. The Balaban J connectivity index is 2.00. The lowest BCUT2D eigenvalue weighted by atomic mass is 10.0. The lowest BCUT2D eigenvalue weighted by Gasteiger charge is -2.12. The predicted octanol–water partition coefficient (Wildman–Crippen LogP) is 4.48. The van der Waals surface area contributed by atoms with Gasteiger partial charge in [0, 0.05) is 11.9 Å². The summed E-state index contributed by atoms with van der Waals surface area (Å²) >= 11 is 0. The van der Waals surface area contributed by atoms with Gasteiger partial charge in [0.15, 0.2) is 0 Å². The first kappa shape index (κ1) is 16.2. The van der Waals surface area contributed by atoms with E-state index in [0.29, 0.717) is 5.92 Å². The molecule has 3 rings (SSSR count). The second-order valence-electron chi connectivity index (χ2n) is 6.28. The van der Waals surface area contributed by atoms with Crippen molar-refractivity contribution < 1.29 is 4.39 Å². The second-order valence-corrected chi connectivity index (χ2v) is 6.28. The van der Waals surface area contributed by atoms with Crippen molar-refractivity contribution in [2.75, 3.05) is 17.6 Å². The van der Waals surface area contributed by atoms with Crippen molar-refractivity contribution in [2.24, 2.45) is 5.92 Å². The zero-order valence-electron chi connectivity index (χ0n) is 13.9. The van der Waals surface area contributed by atoms with Crippen LogP contribution in [-0.2, 0) is 0 Å². The largest absolute Gasteiger partial charge is 0.369 e. The SMILES string of the molecule is CC(C)CCNc1nc(N)nc2ccc(-c3ccc(F)cc3)cc12. The number of nitrogens with zero attached hydrogens (tertiary/aromatic N) is 2. The van der Waals surface area contributed by atoms with Crippen LogP contribution in [-0.4, -0.2) is 16.5 Å². The van der Waals surface area contributed by atoms with Crippen molar-refractivity contribution >= 4 is 22.7 Å². The van der Waals surface area contributed by atoms with Gasteiger partial charge in [-0.25, -0.2) is 9.37 Å². The van der Waals surface area contributed by atoms with Gasteiger partial charge in [0.25, 0.3) is 0 Å². The zero-order chi connectivity index (χ0) is 17.1. The Morgan fingerprint density at radius 3 is 2.46 bits per heavy atom. The van der Waals surface area contributed by atoms with Crippen LogP contribution in [0.25, 0.3) is 22.0 Å². The number of aromatic nitrogens is 2. The first-order valence-corrected chi connectivity index (χ1v) is 8.10. The van der Waals surface area contributed by atoms with Crippen LogP contribution >= 0.6 is 0 Å². The molecule has 0 aliphatic carbocycles. The first-order chi connectivity index (χ1) is 11.5. The van der Waals surface area contributed by atoms with E-state index in [9.17, 15) is 4.39 Å². The highest BCUT2D eigenvalue weighted by molar-refractivity contribution is 5.93. The molecule has 0 aliphatic rings. The van der Waals surface area contributed by atoms with E-state index in [2.05, 4.69) is 29.1 Å². The lowest BCUT2D eigenvalue weighted by Crippen LogP contribution is -2.08. The number of nitrogens with two attached hydrogens (primary N) is 1. The highest BCUT2D eigenvalue weighted by atomic mass is 19.1. The van der Waals surface area contributed by atoms with Gasteiger partial charge in [-0.2, -0.15) is 4.98 Å². The van der Waals surface area contributed by atoms with Crippen LogP contribution in [0.5, 0.6) is 0 Å². The summed E-state index contributed by atoms with van der Waals surface area (Å²) < 4.78 is 13.1. The van der Waals surface area contributed by atoms with Gasteiger partial charge in [-0.15, -0.1) is 0 Å². The summed E-state index contributed by atoms with van der Waals surface area (Å²) in [6, 6.07) is 12.3. The fourth-order valence-corrected chi connectivity index (χ4v) is 2.58. The summed E-state index contributed by atoms with van der Waals surface area (Å²) in [5, 5.41) is 4.27. The minimum absolute atomic E-state index is 0.244. The van der Waals surface area contributed by atoms with Gasteiger partial charge in [0.05, 0.1) is 5.52 Å². The number of nitrogen functional groups attached to an aromatic ring is 1. The molecular weight excluding hydrogens is 303 g/mol. The van der Waals surface area contributed by atoms with Crippen molar-refractivity contribution in [3.05, 3.63) is 48.3 Å². The summed E-state index contributed by atoms with van der Waals surface area (Å²) in [4.78, 5) is 8.64. The number of fused-ring (bicyclic) bond motifs is 1. The number of halogens is 1. The molecule has 3 N–H and O–H groups in total. The summed E-state index contributed by atoms with van der Waals surface area (Å²) in [7, 11) is 0. The molecule has 0 spiro atoms. The van der Waals surface area contributed by atoms with Crippen molar-refractivity contribution in [3.8, 4) is 11.1 Å². The molecule has 124 valence electrons. The Morgan fingerprint density at radius 1 is 1.04 bits per heavy atom. The molecule has 5 heteroatoms. The molecule has 4 nitrogen and oxygen atoms in total. The van der Waals surface area contributed by atoms with Crippen LogP contribution in [0.15, 0.2) is 42.5 Å².